The number of methoxy groups -OCH3 is 1. The molecule has 1 saturated carbocycles. The Balaban J connectivity index is 2.23. The molecule has 2 atom stereocenters. The number of hydrogen-bond donors (Lipinski definition) is 0. The molecule has 2 aliphatic rings. The molecular formula is C9H12O2. The lowest BCUT2D eigenvalue weighted by molar-refractivity contribution is -0.125. The number of allylic oxidation sites excluding steroid dienone is 1. The zero-order chi connectivity index (χ0) is 7.90. The molecule has 2 aliphatic carbocycles. The molecule has 2 nitrogen and oxygen atoms in total. The summed E-state index contributed by atoms with van der Waals surface area (Å²) >= 11 is 0. The highest BCUT2D eigenvalue weighted by Gasteiger charge is 2.47. The van der Waals surface area contributed by atoms with E-state index in [1.165, 1.54) is 0 Å². The lowest BCUT2D eigenvalue weighted by Gasteiger charge is -2.19. The van der Waals surface area contributed by atoms with Gasteiger partial charge in [0.05, 0.1) is 12.0 Å². The maximum Gasteiger partial charge on any atom is 0.145 e. The molecule has 0 amide bonds. The minimum absolute atomic E-state index is 0.223. The number of fused-ring (bicyclic) bond motifs is 2. The predicted molar refractivity (Wildman–Crippen MR) is 41.2 cm³/mol. The Morgan fingerprint density at radius 2 is 2.64 bits per heavy atom. The molecule has 11 heavy (non-hydrogen) atoms. The van der Waals surface area contributed by atoms with Gasteiger partial charge < -0.3 is 4.74 Å². The monoisotopic (exact) mass is 152 g/mol. The zero-order valence-corrected chi connectivity index (χ0v) is 6.67. The van der Waals surface area contributed by atoms with Crippen LogP contribution in [0.3, 0.4) is 0 Å². The third-order valence-corrected chi connectivity index (χ3v) is 2.72. The Labute approximate surface area is 66.2 Å². The number of hydrogen-bond acceptors (Lipinski definition) is 2. The van der Waals surface area contributed by atoms with Crippen molar-refractivity contribution in [3.05, 3.63) is 12.2 Å². The van der Waals surface area contributed by atoms with Crippen molar-refractivity contribution in [2.75, 3.05) is 13.7 Å². The summed E-state index contributed by atoms with van der Waals surface area (Å²) in [6.07, 6.45) is 5.91. The van der Waals surface area contributed by atoms with Gasteiger partial charge in [-0.05, 0) is 12.3 Å². The smallest absolute Gasteiger partial charge is 0.145 e. The van der Waals surface area contributed by atoms with Gasteiger partial charge in [-0.15, -0.1) is 0 Å². The third-order valence-electron chi connectivity index (χ3n) is 2.72. The van der Waals surface area contributed by atoms with Gasteiger partial charge in [0.1, 0.15) is 5.78 Å². The number of Topliss-reactive ketones (excluding diaryl/α,β-unsaturated/α-hetero) is 1. The van der Waals surface area contributed by atoms with Crippen LogP contribution in [0, 0.1) is 11.3 Å². The number of carbonyl (C=O) groups excluding carboxylic acids is 1. The molecule has 0 saturated heterocycles. The van der Waals surface area contributed by atoms with E-state index in [-0.39, 0.29) is 5.41 Å². The Hall–Kier alpha value is -0.630. The standard InChI is InChI=1S/C9H12O2/c1-11-6-9-3-2-7(5-9)4-8(9)10/h2-3,7H,4-6H2,1H3/t7-,9+/m0/s1. The lowest BCUT2D eigenvalue weighted by Crippen LogP contribution is -2.27. The number of ether oxygens (including phenoxy) is 1. The number of rotatable bonds is 2. The molecule has 0 aromatic heterocycles. The average molecular weight is 152 g/mol. The quantitative estimate of drug-likeness (QED) is 0.555. The van der Waals surface area contributed by atoms with Crippen molar-refractivity contribution >= 4 is 5.78 Å². The van der Waals surface area contributed by atoms with Crippen LogP contribution in [0.5, 0.6) is 0 Å². The van der Waals surface area contributed by atoms with E-state index in [1.54, 1.807) is 7.11 Å². The molecule has 2 heteroatoms. The van der Waals surface area contributed by atoms with E-state index in [1.807, 2.05) is 6.08 Å². The highest BCUT2D eigenvalue weighted by Crippen LogP contribution is 2.46. The van der Waals surface area contributed by atoms with Crippen LogP contribution >= 0.6 is 0 Å². The highest BCUT2D eigenvalue weighted by molar-refractivity contribution is 5.91. The molecule has 2 rings (SSSR count). The van der Waals surface area contributed by atoms with Gasteiger partial charge in [0.25, 0.3) is 0 Å². The van der Waals surface area contributed by atoms with Gasteiger partial charge in [0, 0.05) is 13.5 Å². The van der Waals surface area contributed by atoms with Crippen LogP contribution < -0.4 is 0 Å². The average Bonchev–Trinajstić information content (AvgIpc) is 2.45. The third kappa shape index (κ3) is 0.857. The van der Waals surface area contributed by atoms with Crippen molar-refractivity contribution in [3.8, 4) is 0 Å². The summed E-state index contributed by atoms with van der Waals surface area (Å²) < 4.78 is 5.04. The Morgan fingerprint density at radius 3 is 3.09 bits per heavy atom. The summed E-state index contributed by atoms with van der Waals surface area (Å²) in [4.78, 5) is 11.4. The number of ketones is 1. The van der Waals surface area contributed by atoms with Crippen molar-refractivity contribution in [2.45, 2.75) is 12.8 Å². The summed E-state index contributed by atoms with van der Waals surface area (Å²) in [5, 5.41) is 0. The molecule has 0 heterocycles. The van der Waals surface area contributed by atoms with E-state index < -0.39 is 0 Å². The lowest BCUT2D eigenvalue weighted by atomic mass is 9.88. The normalized spacial score (nSPS) is 40.5. The highest BCUT2D eigenvalue weighted by atomic mass is 16.5. The van der Waals surface area contributed by atoms with Crippen LogP contribution in [-0.4, -0.2) is 19.5 Å². The largest absolute Gasteiger partial charge is 0.383 e. The Bertz CT molecular complexity index is 220. The first-order valence-electron chi connectivity index (χ1n) is 3.98. The van der Waals surface area contributed by atoms with Crippen molar-refractivity contribution in [1.29, 1.82) is 0 Å². The molecule has 0 aliphatic heterocycles. The summed E-state index contributed by atoms with van der Waals surface area (Å²) in [5.74, 6) is 0.879. The first-order chi connectivity index (χ1) is 5.27. The first kappa shape index (κ1) is 7.04. The summed E-state index contributed by atoms with van der Waals surface area (Å²) in [5.41, 5.74) is -0.223. The molecule has 0 radical (unpaired) electrons. The van der Waals surface area contributed by atoms with Gasteiger partial charge in [-0.3, -0.25) is 4.79 Å². The van der Waals surface area contributed by atoms with Crippen LogP contribution in [0.25, 0.3) is 0 Å². The molecule has 0 spiro atoms. The fourth-order valence-corrected chi connectivity index (χ4v) is 2.16. The summed E-state index contributed by atoms with van der Waals surface area (Å²) in [6, 6.07) is 0. The van der Waals surface area contributed by atoms with E-state index in [0.717, 1.165) is 12.8 Å². The van der Waals surface area contributed by atoms with Crippen LogP contribution in [0.2, 0.25) is 0 Å². The van der Waals surface area contributed by atoms with Gasteiger partial charge in [-0.1, -0.05) is 12.2 Å². The zero-order valence-electron chi connectivity index (χ0n) is 6.67. The van der Waals surface area contributed by atoms with Crippen molar-refractivity contribution in [2.24, 2.45) is 11.3 Å². The minimum atomic E-state index is -0.223. The maximum absolute atomic E-state index is 11.4. The summed E-state index contributed by atoms with van der Waals surface area (Å²) in [7, 11) is 1.65. The Morgan fingerprint density at radius 1 is 1.82 bits per heavy atom. The van der Waals surface area contributed by atoms with Crippen LogP contribution in [0.1, 0.15) is 12.8 Å². The summed E-state index contributed by atoms with van der Waals surface area (Å²) in [6.45, 7) is 0.568. The second-order valence-electron chi connectivity index (χ2n) is 3.54. The van der Waals surface area contributed by atoms with E-state index in [2.05, 4.69) is 6.08 Å². The minimum Gasteiger partial charge on any atom is -0.383 e. The topological polar surface area (TPSA) is 26.3 Å². The van der Waals surface area contributed by atoms with Crippen LogP contribution in [0.4, 0.5) is 0 Å². The van der Waals surface area contributed by atoms with Crippen molar-refractivity contribution < 1.29 is 9.53 Å². The molecule has 2 bridgehead atoms. The van der Waals surface area contributed by atoms with Crippen LogP contribution in [-0.2, 0) is 9.53 Å². The van der Waals surface area contributed by atoms with Crippen LogP contribution in [0.15, 0.2) is 12.2 Å². The molecule has 60 valence electrons. The van der Waals surface area contributed by atoms with Gasteiger partial charge in [-0.2, -0.15) is 0 Å². The molecule has 0 N–H and O–H groups in total. The van der Waals surface area contributed by atoms with E-state index in [4.69, 9.17) is 4.74 Å². The second kappa shape index (κ2) is 2.18. The maximum atomic E-state index is 11.4. The van der Waals surface area contributed by atoms with Crippen molar-refractivity contribution in [1.82, 2.24) is 0 Å². The van der Waals surface area contributed by atoms with Gasteiger partial charge >= 0.3 is 0 Å². The van der Waals surface area contributed by atoms with E-state index >= 15 is 0 Å². The fraction of sp³-hybridized carbons (Fsp3) is 0.667. The van der Waals surface area contributed by atoms with E-state index in [0.29, 0.717) is 18.3 Å². The number of carbonyl (C=O) groups is 1. The SMILES string of the molecule is COC[C@]12C=C[C@@H](CC1=O)C2. The molecule has 1 fully saturated rings. The van der Waals surface area contributed by atoms with Gasteiger partial charge in [0.15, 0.2) is 0 Å². The fourth-order valence-electron chi connectivity index (χ4n) is 2.16. The first-order valence-corrected chi connectivity index (χ1v) is 3.98. The second-order valence-corrected chi connectivity index (χ2v) is 3.54. The predicted octanol–water partition coefficient (Wildman–Crippen LogP) is 1.17. The van der Waals surface area contributed by atoms with E-state index in [9.17, 15) is 4.79 Å². The molecular weight excluding hydrogens is 140 g/mol. The van der Waals surface area contributed by atoms with Gasteiger partial charge in [-0.25, -0.2) is 0 Å². The Kier molecular flexibility index (Phi) is 1.39. The molecule has 0 aromatic carbocycles. The molecule has 0 aromatic rings. The molecule has 0 unspecified atom stereocenters. The van der Waals surface area contributed by atoms with Crippen molar-refractivity contribution in [3.63, 3.8) is 0 Å². The van der Waals surface area contributed by atoms with Gasteiger partial charge in [0.2, 0.25) is 0 Å².